The number of carboxylic acids is 1. The average Bonchev–Trinajstić information content (AvgIpc) is 2.36. The minimum Gasteiger partial charge on any atom is -0.496 e. The van der Waals surface area contributed by atoms with Crippen molar-refractivity contribution in [1.82, 2.24) is 5.32 Å². The SMILES string of the molecule is COc1ccc(CNC(=O)CSCC(=O)O)cc1Br. The fourth-order valence-corrected chi connectivity index (χ4v) is 2.45. The summed E-state index contributed by atoms with van der Waals surface area (Å²) >= 11 is 4.44. The minimum absolute atomic E-state index is 0.0680. The van der Waals surface area contributed by atoms with E-state index in [1.165, 1.54) is 0 Å². The number of aliphatic carboxylic acids is 1. The molecule has 0 saturated carbocycles. The Bertz CT molecular complexity index is 467. The first-order valence-electron chi connectivity index (χ1n) is 5.41. The number of nitrogens with one attached hydrogen (secondary N) is 1. The second-order valence-corrected chi connectivity index (χ2v) is 5.47. The summed E-state index contributed by atoms with van der Waals surface area (Å²) < 4.78 is 5.93. The van der Waals surface area contributed by atoms with Crippen molar-refractivity contribution >= 4 is 39.6 Å². The molecule has 0 atom stereocenters. The molecule has 19 heavy (non-hydrogen) atoms. The zero-order valence-corrected chi connectivity index (χ0v) is 12.7. The quantitative estimate of drug-likeness (QED) is 0.787. The van der Waals surface area contributed by atoms with Crippen LogP contribution in [0.5, 0.6) is 5.75 Å². The Morgan fingerprint density at radius 1 is 1.42 bits per heavy atom. The summed E-state index contributed by atoms with van der Waals surface area (Å²) in [4.78, 5) is 21.7. The summed E-state index contributed by atoms with van der Waals surface area (Å²) in [5, 5.41) is 11.2. The van der Waals surface area contributed by atoms with Crippen LogP contribution in [-0.4, -0.2) is 35.6 Å². The number of carboxylic acid groups (broad SMARTS) is 1. The number of carbonyl (C=O) groups is 2. The van der Waals surface area contributed by atoms with Crippen LogP contribution in [0.25, 0.3) is 0 Å². The van der Waals surface area contributed by atoms with E-state index in [1.807, 2.05) is 18.2 Å². The van der Waals surface area contributed by atoms with Gasteiger partial charge in [-0.1, -0.05) is 6.07 Å². The minimum atomic E-state index is -0.920. The van der Waals surface area contributed by atoms with Crippen molar-refractivity contribution in [3.05, 3.63) is 28.2 Å². The van der Waals surface area contributed by atoms with E-state index in [0.29, 0.717) is 6.54 Å². The third-order valence-electron chi connectivity index (χ3n) is 2.16. The maximum Gasteiger partial charge on any atom is 0.313 e. The number of ether oxygens (including phenoxy) is 1. The molecule has 2 N–H and O–H groups in total. The monoisotopic (exact) mass is 347 g/mol. The molecule has 1 aromatic rings. The lowest BCUT2D eigenvalue weighted by Crippen LogP contribution is -2.25. The van der Waals surface area contributed by atoms with Crippen LogP contribution in [-0.2, 0) is 16.1 Å². The predicted molar refractivity (Wildman–Crippen MR) is 77.5 cm³/mol. The van der Waals surface area contributed by atoms with Gasteiger partial charge in [-0.05, 0) is 33.6 Å². The standard InChI is InChI=1S/C12H14BrNO4S/c1-18-10-3-2-8(4-9(10)13)5-14-11(15)6-19-7-12(16)17/h2-4H,5-7H2,1H3,(H,14,15)(H,16,17). The molecule has 0 fully saturated rings. The van der Waals surface area contributed by atoms with Crippen molar-refractivity contribution in [2.75, 3.05) is 18.6 Å². The number of benzene rings is 1. The van der Waals surface area contributed by atoms with Gasteiger partial charge in [-0.15, -0.1) is 11.8 Å². The summed E-state index contributed by atoms with van der Waals surface area (Å²) in [5.74, 6) is -0.298. The maximum atomic E-state index is 11.4. The molecule has 0 spiro atoms. The highest BCUT2D eigenvalue weighted by Crippen LogP contribution is 2.25. The van der Waals surface area contributed by atoms with E-state index in [4.69, 9.17) is 9.84 Å². The topological polar surface area (TPSA) is 75.6 Å². The fourth-order valence-electron chi connectivity index (χ4n) is 1.30. The van der Waals surface area contributed by atoms with Crippen LogP contribution >= 0.6 is 27.7 Å². The molecule has 0 aliphatic heterocycles. The Hall–Kier alpha value is -1.21. The number of hydrogen-bond donors (Lipinski definition) is 2. The van der Waals surface area contributed by atoms with Gasteiger partial charge >= 0.3 is 5.97 Å². The fraction of sp³-hybridized carbons (Fsp3) is 0.333. The molecule has 1 amide bonds. The number of methoxy groups -OCH3 is 1. The highest BCUT2D eigenvalue weighted by Gasteiger charge is 2.05. The summed E-state index contributed by atoms with van der Waals surface area (Å²) in [6.45, 7) is 0.398. The molecule has 1 rings (SSSR count). The number of halogens is 1. The Morgan fingerprint density at radius 2 is 2.16 bits per heavy atom. The normalized spacial score (nSPS) is 10.0. The summed E-state index contributed by atoms with van der Waals surface area (Å²) in [6.07, 6.45) is 0. The van der Waals surface area contributed by atoms with Gasteiger partial charge < -0.3 is 15.2 Å². The van der Waals surface area contributed by atoms with Crippen LogP contribution in [0.1, 0.15) is 5.56 Å². The molecule has 1 aromatic carbocycles. The molecule has 0 aliphatic carbocycles. The first-order chi connectivity index (χ1) is 9.02. The lowest BCUT2D eigenvalue weighted by Gasteiger charge is -2.07. The van der Waals surface area contributed by atoms with Gasteiger partial charge in [-0.3, -0.25) is 9.59 Å². The second kappa shape index (κ2) is 8.06. The second-order valence-electron chi connectivity index (χ2n) is 3.63. The predicted octanol–water partition coefficient (Wildman–Crippen LogP) is 1.89. The van der Waals surface area contributed by atoms with Gasteiger partial charge in [0.15, 0.2) is 0 Å². The van der Waals surface area contributed by atoms with E-state index < -0.39 is 5.97 Å². The molecular weight excluding hydrogens is 334 g/mol. The zero-order valence-electron chi connectivity index (χ0n) is 10.3. The van der Waals surface area contributed by atoms with Crippen molar-refractivity contribution < 1.29 is 19.4 Å². The number of hydrogen-bond acceptors (Lipinski definition) is 4. The van der Waals surface area contributed by atoms with Gasteiger partial charge in [-0.25, -0.2) is 0 Å². The van der Waals surface area contributed by atoms with Gasteiger partial charge in [0.25, 0.3) is 0 Å². The Balaban J connectivity index is 2.37. The first kappa shape index (κ1) is 15.8. The molecule has 0 heterocycles. The highest BCUT2D eigenvalue weighted by atomic mass is 79.9. The molecule has 0 radical (unpaired) electrons. The van der Waals surface area contributed by atoms with Crippen LogP contribution in [0.15, 0.2) is 22.7 Å². The zero-order chi connectivity index (χ0) is 14.3. The van der Waals surface area contributed by atoms with Crippen molar-refractivity contribution in [3.8, 4) is 5.75 Å². The van der Waals surface area contributed by atoms with E-state index in [-0.39, 0.29) is 17.4 Å². The van der Waals surface area contributed by atoms with E-state index in [0.717, 1.165) is 27.5 Å². The van der Waals surface area contributed by atoms with Crippen LogP contribution in [0, 0.1) is 0 Å². The lowest BCUT2D eigenvalue weighted by molar-refractivity contribution is -0.133. The molecule has 0 saturated heterocycles. The van der Waals surface area contributed by atoms with Crippen molar-refractivity contribution in [2.45, 2.75) is 6.54 Å². The lowest BCUT2D eigenvalue weighted by atomic mass is 10.2. The van der Waals surface area contributed by atoms with Crippen molar-refractivity contribution in [3.63, 3.8) is 0 Å². The summed E-state index contributed by atoms with van der Waals surface area (Å²) in [6, 6.07) is 5.53. The van der Waals surface area contributed by atoms with E-state index in [1.54, 1.807) is 7.11 Å². The van der Waals surface area contributed by atoms with Crippen LogP contribution < -0.4 is 10.1 Å². The Kier molecular flexibility index (Phi) is 6.72. The number of rotatable bonds is 7. The third kappa shape index (κ3) is 5.98. The number of carbonyl (C=O) groups excluding carboxylic acids is 1. The van der Waals surface area contributed by atoms with E-state index in [2.05, 4.69) is 21.2 Å². The van der Waals surface area contributed by atoms with Gasteiger partial charge in [0.2, 0.25) is 5.91 Å². The molecular formula is C12H14BrNO4S. The van der Waals surface area contributed by atoms with Gasteiger partial charge in [0.1, 0.15) is 5.75 Å². The number of thioether (sulfide) groups is 1. The molecule has 7 heteroatoms. The van der Waals surface area contributed by atoms with Gasteiger partial charge in [-0.2, -0.15) is 0 Å². The first-order valence-corrected chi connectivity index (χ1v) is 7.36. The number of amides is 1. The molecule has 5 nitrogen and oxygen atoms in total. The largest absolute Gasteiger partial charge is 0.496 e. The molecule has 0 unspecified atom stereocenters. The van der Waals surface area contributed by atoms with Gasteiger partial charge in [0.05, 0.1) is 23.1 Å². The summed E-state index contributed by atoms with van der Waals surface area (Å²) in [5.41, 5.74) is 0.934. The average molecular weight is 348 g/mol. The molecule has 0 aliphatic rings. The van der Waals surface area contributed by atoms with Crippen LogP contribution in [0.4, 0.5) is 0 Å². The van der Waals surface area contributed by atoms with Crippen molar-refractivity contribution in [1.29, 1.82) is 0 Å². The van der Waals surface area contributed by atoms with E-state index >= 15 is 0 Å². The molecule has 104 valence electrons. The van der Waals surface area contributed by atoms with Crippen LogP contribution in [0.3, 0.4) is 0 Å². The third-order valence-corrected chi connectivity index (χ3v) is 3.70. The van der Waals surface area contributed by atoms with Gasteiger partial charge in [0, 0.05) is 6.54 Å². The molecule has 0 bridgehead atoms. The van der Waals surface area contributed by atoms with Crippen LogP contribution in [0.2, 0.25) is 0 Å². The highest BCUT2D eigenvalue weighted by molar-refractivity contribution is 9.10. The Morgan fingerprint density at radius 3 is 2.74 bits per heavy atom. The smallest absolute Gasteiger partial charge is 0.313 e. The summed E-state index contributed by atoms with van der Waals surface area (Å²) in [7, 11) is 1.58. The molecule has 0 aromatic heterocycles. The van der Waals surface area contributed by atoms with Crippen molar-refractivity contribution in [2.24, 2.45) is 0 Å². The van der Waals surface area contributed by atoms with E-state index in [9.17, 15) is 9.59 Å². The Labute approximate surface area is 123 Å². The maximum absolute atomic E-state index is 11.4.